The minimum Gasteiger partial charge on any atom is -0.302 e. The third-order valence-electron chi connectivity index (χ3n) is 1.77. The smallest absolute Gasteiger partial charge is 0.0994 e. The van der Waals surface area contributed by atoms with E-state index in [0.717, 1.165) is 16.2 Å². The minimum absolute atomic E-state index is 0.774. The first kappa shape index (κ1) is 6.68. The van der Waals surface area contributed by atoms with E-state index in [1.165, 1.54) is 0 Å². The fourth-order valence-corrected chi connectivity index (χ4v) is 1.26. The zero-order chi connectivity index (χ0) is 7.84. The van der Waals surface area contributed by atoms with Crippen LogP contribution in [0, 0.1) is 6.92 Å². The molecule has 0 aliphatic rings. The topological polar surface area (TPSA) is 17.3 Å². The summed E-state index contributed by atoms with van der Waals surface area (Å²) in [5, 5.41) is 0.774. The Morgan fingerprint density at radius 1 is 1.45 bits per heavy atom. The fourth-order valence-electron chi connectivity index (χ4n) is 1.10. The molecule has 0 spiro atoms. The first-order chi connectivity index (χ1) is 5.29. The number of rotatable bonds is 0. The SMILES string of the molecule is Cc1c(Cl)ccc2cncn12. The first-order valence-corrected chi connectivity index (χ1v) is 3.74. The molecule has 0 radical (unpaired) electrons. The van der Waals surface area contributed by atoms with E-state index in [0.29, 0.717) is 0 Å². The van der Waals surface area contributed by atoms with Crippen LogP contribution in [0.1, 0.15) is 5.69 Å². The van der Waals surface area contributed by atoms with Crippen molar-refractivity contribution in [3.63, 3.8) is 0 Å². The Kier molecular flexibility index (Phi) is 1.36. The average Bonchev–Trinajstić information content (AvgIpc) is 2.45. The molecule has 2 heterocycles. The molecule has 2 aromatic rings. The molecule has 11 heavy (non-hydrogen) atoms. The number of hydrogen-bond acceptors (Lipinski definition) is 1. The van der Waals surface area contributed by atoms with E-state index in [1.807, 2.05) is 29.7 Å². The summed E-state index contributed by atoms with van der Waals surface area (Å²) in [6.07, 6.45) is 3.57. The fraction of sp³-hybridized carbons (Fsp3) is 0.125. The van der Waals surface area contributed by atoms with Gasteiger partial charge in [0, 0.05) is 5.69 Å². The summed E-state index contributed by atoms with van der Waals surface area (Å²) in [7, 11) is 0. The van der Waals surface area contributed by atoms with Gasteiger partial charge in [-0.15, -0.1) is 0 Å². The molecule has 2 nitrogen and oxygen atoms in total. The van der Waals surface area contributed by atoms with E-state index >= 15 is 0 Å². The van der Waals surface area contributed by atoms with Crippen LogP contribution in [0.2, 0.25) is 5.02 Å². The summed E-state index contributed by atoms with van der Waals surface area (Å²) in [6, 6.07) is 3.83. The lowest BCUT2D eigenvalue weighted by Gasteiger charge is -2.00. The van der Waals surface area contributed by atoms with Crippen molar-refractivity contribution in [3.05, 3.63) is 35.4 Å². The standard InChI is InChI=1S/C8H7ClN2/c1-6-8(9)3-2-7-4-10-5-11(6)7/h2-5H,1H3. The van der Waals surface area contributed by atoms with Gasteiger partial charge < -0.3 is 4.40 Å². The van der Waals surface area contributed by atoms with Gasteiger partial charge in [0.05, 0.1) is 23.1 Å². The summed E-state index contributed by atoms with van der Waals surface area (Å²) in [4.78, 5) is 4.01. The largest absolute Gasteiger partial charge is 0.302 e. The van der Waals surface area contributed by atoms with E-state index in [2.05, 4.69) is 4.98 Å². The molecule has 0 aliphatic carbocycles. The maximum atomic E-state index is 5.90. The number of pyridine rings is 1. The predicted molar refractivity (Wildman–Crippen MR) is 44.9 cm³/mol. The molecule has 0 N–H and O–H groups in total. The summed E-state index contributed by atoms with van der Waals surface area (Å²) in [5.41, 5.74) is 2.11. The summed E-state index contributed by atoms with van der Waals surface area (Å²) in [6.45, 7) is 1.97. The molecule has 2 aromatic heterocycles. The third kappa shape index (κ3) is 0.906. The molecule has 56 valence electrons. The highest BCUT2D eigenvalue weighted by Crippen LogP contribution is 2.16. The van der Waals surface area contributed by atoms with Crippen molar-refractivity contribution >= 4 is 17.1 Å². The summed E-state index contributed by atoms with van der Waals surface area (Å²) >= 11 is 5.90. The molecule has 0 aromatic carbocycles. The van der Waals surface area contributed by atoms with Gasteiger partial charge in [-0.2, -0.15) is 0 Å². The van der Waals surface area contributed by atoms with Gasteiger partial charge in [0.15, 0.2) is 0 Å². The Morgan fingerprint density at radius 3 is 3.09 bits per heavy atom. The predicted octanol–water partition coefficient (Wildman–Crippen LogP) is 2.30. The highest BCUT2D eigenvalue weighted by Gasteiger charge is 1.99. The highest BCUT2D eigenvalue weighted by atomic mass is 35.5. The van der Waals surface area contributed by atoms with Crippen molar-refractivity contribution in [1.82, 2.24) is 9.38 Å². The van der Waals surface area contributed by atoms with Crippen molar-refractivity contribution in [3.8, 4) is 0 Å². The van der Waals surface area contributed by atoms with Crippen LogP contribution in [0.15, 0.2) is 24.7 Å². The average molecular weight is 167 g/mol. The maximum absolute atomic E-state index is 5.90. The molecule has 0 amide bonds. The highest BCUT2D eigenvalue weighted by molar-refractivity contribution is 6.31. The zero-order valence-electron chi connectivity index (χ0n) is 6.08. The second-order valence-corrected chi connectivity index (χ2v) is 2.86. The molecule has 0 atom stereocenters. The third-order valence-corrected chi connectivity index (χ3v) is 2.17. The van der Waals surface area contributed by atoms with Crippen molar-refractivity contribution in [2.45, 2.75) is 6.92 Å². The lowest BCUT2D eigenvalue weighted by Crippen LogP contribution is -1.88. The van der Waals surface area contributed by atoms with Crippen LogP contribution in [-0.4, -0.2) is 9.38 Å². The van der Waals surface area contributed by atoms with Crippen molar-refractivity contribution in [2.24, 2.45) is 0 Å². The normalized spacial score (nSPS) is 10.7. The second kappa shape index (κ2) is 2.24. The Hall–Kier alpha value is -1.02. The van der Waals surface area contributed by atoms with Crippen LogP contribution in [0.3, 0.4) is 0 Å². The minimum atomic E-state index is 0.774. The molecule has 0 fully saturated rings. The van der Waals surface area contributed by atoms with Gasteiger partial charge in [-0.25, -0.2) is 4.98 Å². The Labute approximate surface area is 69.4 Å². The lowest BCUT2D eigenvalue weighted by molar-refractivity contribution is 1.08. The van der Waals surface area contributed by atoms with Crippen LogP contribution in [0.5, 0.6) is 0 Å². The van der Waals surface area contributed by atoms with Crippen molar-refractivity contribution in [1.29, 1.82) is 0 Å². The first-order valence-electron chi connectivity index (χ1n) is 3.36. The van der Waals surface area contributed by atoms with E-state index in [9.17, 15) is 0 Å². The molecule has 2 rings (SSSR count). The van der Waals surface area contributed by atoms with Crippen LogP contribution >= 0.6 is 11.6 Å². The van der Waals surface area contributed by atoms with Crippen LogP contribution in [0.25, 0.3) is 5.52 Å². The number of aromatic nitrogens is 2. The molecule has 0 saturated heterocycles. The number of hydrogen-bond donors (Lipinski definition) is 0. The number of nitrogens with zero attached hydrogens (tertiary/aromatic N) is 2. The van der Waals surface area contributed by atoms with Crippen LogP contribution in [0.4, 0.5) is 0 Å². The number of imidazole rings is 1. The quantitative estimate of drug-likeness (QED) is 0.587. The van der Waals surface area contributed by atoms with Gasteiger partial charge in [-0.05, 0) is 19.1 Å². The Morgan fingerprint density at radius 2 is 2.27 bits per heavy atom. The van der Waals surface area contributed by atoms with Crippen molar-refractivity contribution in [2.75, 3.05) is 0 Å². The lowest BCUT2D eigenvalue weighted by atomic mass is 10.3. The molecule has 0 aliphatic heterocycles. The Balaban J connectivity index is 2.93. The second-order valence-electron chi connectivity index (χ2n) is 2.46. The molecule has 0 bridgehead atoms. The summed E-state index contributed by atoms with van der Waals surface area (Å²) < 4.78 is 1.96. The molecular weight excluding hydrogens is 160 g/mol. The number of halogens is 1. The number of aryl methyl sites for hydroxylation is 1. The van der Waals surface area contributed by atoms with E-state index in [-0.39, 0.29) is 0 Å². The monoisotopic (exact) mass is 166 g/mol. The van der Waals surface area contributed by atoms with Gasteiger partial charge in [-0.1, -0.05) is 11.6 Å². The zero-order valence-corrected chi connectivity index (χ0v) is 6.84. The molecular formula is C8H7ClN2. The van der Waals surface area contributed by atoms with E-state index in [1.54, 1.807) is 6.33 Å². The van der Waals surface area contributed by atoms with Gasteiger partial charge in [0.1, 0.15) is 0 Å². The summed E-state index contributed by atoms with van der Waals surface area (Å²) in [5.74, 6) is 0. The van der Waals surface area contributed by atoms with Crippen LogP contribution in [-0.2, 0) is 0 Å². The van der Waals surface area contributed by atoms with Gasteiger partial charge in [0.2, 0.25) is 0 Å². The molecule has 3 heteroatoms. The van der Waals surface area contributed by atoms with E-state index < -0.39 is 0 Å². The molecule has 0 saturated carbocycles. The van der Waals surface area contributed by atoms with Crippen molar-refractivity contribution < 1.29 is 0 Å². The van der Waals surface area contributed by atoms with Gasteiger partial charge >= 0.3 is 0 Å². The van der Waals surface area contributed by atoms with Gasteiger partial charge in [-0.3, -0.25) is 0 Å². The molecule has 0 unspecified atom stereocenters. The van der Waals surface area contributed by atoms with Crippen LogP contribution < -0.4 is 0 Å². The van der Waals surface area contributed by atoms with E-state index in [4.69, 9.17) is 11.6 Å². The number of fused-ring (bicyclic) bond motifs is 1. The van der Waals surface area contributed by atoms with Gasteiger partial charge in [0.25, 0.3) is 0 Å². The maximum Gasteiger partial charge on any atom is 0.0994 e. The Bertz CT molecular complexity index is 392.